The summed E-state index contributed by atoms with van der Waals surface area (Å²) < 4.78 is 5.86. The lowest BCUT2D eigenvalue weighted by molar-refractivity contribution is -0.137. The number of rotatable bonds is 7. The van der Waals surface area contributed by atoms with Crippen LogP contribution >= 0.6 is 0 Å². The number of hydrogen-bond donors (Lipinski definition) is 3. The molecule has 3 N–H and O–H groups in total. The molecule has 2 aromatic carbocycles. The number of nitrogens with one attached hydrogen (secondary N) is 2. The number of carbonyl (C=O) groups is 2. The summed E-state index contributed by atoms with van der Waals surface area (Å²) in [6, 6.07) is 13.1. The van der Waals surface area contributed by atoms with Gasteiger partial charge < -0.3 is 25.4 Å². The number of nitrogens with zero attached hydrogens (tertiary/aromatic N) is 1. The number of hydrogen-bond acceptors (Lipinski definition) is 4. The van der Waals surface area contributed by atoms with E-state index in [2.05, 4.69) is 15.5 Å². The molecule has 0 spiro atoms. The van der Waals surface area contributed by atoms with Gasteiger partial charge in [-0.1, -0.05) is 30.7 Å². The molecule has 0 radical (unpaired) electrons. The molecule has 7 nitrogen and oxygen atoms in total. The van der Waals surface area contributed by atoms with Gasteiger partial charge >= 0.3 is 12.0 Å². The predicted octanol–water partition coefficient (Wildman–Crippen LogP) is 5.22. The lowest BCUT2D eigenvalue weighted by Gasteiger charge is -2.38. The van der Waals surface area contributed by atoms with E-state index >= 15 is 0 Å². The van der Waals surface area contributed by atoms with Crippen molar-refractivity contribution >= 4 is 29.1 Å². The molecule has 172 valence electrons. The van der Waals surface area contributed by atoms with Crippen LogP contribution in [0.2, 0.25) is 0 Å². The summed E-state index contributed by atoms with van der Waals surface area (Å²) in [5.74, 6) is -0.951. The quantitative estimate of drug-likeness (QED) is 0.550. The summed E-state index contributed by atoms with van der Waals surface area (Å²) in [6.45, 7) is 9.47. The highest BCUT2D eigenvalue weighted by Crippen LogP contribution is 2.34. The molecule has 3 rings (SSSR count). The lowest BCUT2D eigenvalue weighted by atomic mass is 9.92. The zero-order chi connectivity index (χ0) is 23.3. The minimum absolute atomic E-state index is 0.0521. The minimum atomic E-state index is -0.830. The molecular formula is C25H33N3O4. The van der Waals surface area contributed by atoms with E-state index in [4.69, 9.17) is 4.74 Å². The molecule has 7 heteroatoms. The Kier molecular flexibility index (Phi) is 7.75. The number of carboxylic acids is 1. The van der Waals surface area contributed by atoms with Gasteiger partial charge in [-0.3, -0.25) is 4.79 Å². The lowest BCUT2D eigenvalue weighted by Crippen LogP contribution is -2.45. The molecule has 0 aromatic heterocycles. The van der Waals surface area contributed by atoms with Gasteiger partial charge in [0.2, 0.25) is 0 Å². The highest BCUT2D eigenvalue weighted by Gasteiger charge is 2.25. The molecule has 2 aromatic rings. The Bertz CT molecular complexity index is 935. The zero-order valence-corrected chi connectivity index (χ0v) is 19.2. The maximum atomic E-state index is 12.8. The van der Waals surface area contributed by atoms with Crippen molar-refractivity contribution in [2.75, 3.05) is 28.6 Å². The van der Waals surface area contributed by atoms with Crippen LogP contribution in [0.3, 0.4) is 0 Å². The smallest absolute Gasteiger partial charge is 0.323 e. The van der Waals surface area contributed by atoms with Gasteiger partial charge in [0.1, 0.15) is 0 Å². The number of aryl methyl sites for hydroxylation is 1. The van der Waals surface area contributed by atoms with Crippen molar-refractivity contribution in [2.24, 2.45) is 0 Å². The number of amides is 2. The van der Waals surface area contributed by atoms with E-state index < -0.39 is 5.97 Å². The van der Waals surface area contributed by atoms with Crippen LogP contribution in [0.5, 0.6) is 0 Å². The Morgan fingerprint density at radius 1 is 1.09 bits per heavy atom. The maximum Gasteiger partial charge on any atom is 0.323 e. The van der Waals surface area contributed by atoms with Crippen molar-refractivity contribution in [3.63, 3.8) is 0 Å². The van der Waals surface area contributed by atoms with Crippen molar-refractivity contribution in [3.8, 4) is 0 Å². The monoisotopic (exact) mass is 439 g/mol. The van der Waals surface area contributed by atoms with Gasteiger partial charge in [0.15, 0.2) is 0 Å². The largest absolute Gasteiger partial charge is 0.481 e. The van der Waals surface area contributed by atoms with Gasteiger partial charge in [0.25, 0.3) is 0 Å². The van der Waals surface area contributed by atoms with Gasteiger partial charge in [-0.25, -0.2) is 4.79 Å². The normalized spacial score (nSPS) is 19.3. The van der Waals surface area contributed by atoms with E-state index in [0.717, 1.165) is 16.8 Å². The Morgan fingerprint density at radius 2 is 1.75 bits per heavy atom. The number of urea groups is 1. The van der Waals surface area contributed by atoms with Crippen molar-refractivity contribution in [1.29, 1.82) is 0 Å². The summed E-state index contributed by atoms with van der Waals surface area (Å²) in [6.07, 6.45) is 0.897. The predicted molar refractivity (Wildman–Crippen MR) is 128 cm³/mol. The molecule has 0 aliphatic carbocycles. The molecule has 32 heavy (non-hydrogen) atoms. The van der Waals surface area contributed by atoms with Crippen molar-refractivity contribution in [2.45, 2.75) is 58.7 Å². The Hall–Kier alpha value is -3.06. The second-order valence-electron chi connectivity index (χ2n) is 8.59. The van der Waals surface area contributed by atoms with Gasteiger partial charge in [-0.05, 0) is 62.9 Å². The molecule has 1 aliphatic rings. The van der Waals surface area contributed by atoms with Crippen molar-refractivity contribution in [1.82, 2.24) is 0 Å². The second kappa shape index (κ2) is 10.5. The molecule has 0 bridgehead atoms. The standard InChI is InChI=1S/C25H33N3O4/c1-5-19(13-24(29)30)20-8-11-23(28-14-17(3)32-18(4)15-28)22(12-20)27-25(31)26-21-9-6-16(2)7-10-21/h6-12,17-19H,5,13-15H2,1-4H3,(H,29,30)(H2,26,27,31)/t17-,18+,19-/m1/s1. The van der Waals surface area contributed by atoms with Crippen LogP contribution < -0.4 is 15.5 Å². The summed E-state index contributed by atoms with van der Waals surface area (Å²) in [5.41, 5.74) is 4.29. The van der Waals surface area contributed by atoms with E-state index in [1.54, 1.807) is 0 Å². The third kappa shape index (κ3) is 6.23. The van der Waals surface area contributed by atoms with E-state index in [-0.39, 0.29) is 30.6 Å². The molecule has 2 amide bonds. The van der Waals surface area contributed by atoms with Crippen molar-refractivity contribution in [3.05, 3.63) is 53.6 Å². The average molecular weight is 440 g/mol. The van der Waals surface area contributed by atoms with E-state index in [9.17, 15) is 14.7 Å². The molecule has 0 saturated carbocycles. The van der Waals surface area contributed by atoms with Crippen LogP contribution in [-0.4, -0.2) is 42.4 Å². The Morgan fingerprint density at radius 3 is 2.34 bits per heavy atom. The highest BCUT2D eigenvalue weighted by molar-refractivity contribution is 6.02. The molecular weight excluding hydrogens is 406 g/mol. The fourth-order valence-corrected chi connectivity index (χ4v) is 4.19. The Labute approximate surface area is 189 Å². The summed E-state index contributed by atoms with van der Waals surface area (Å²) in [4.78, 5) is 26.3. The fourth-order valence-electron chi connectivity index (χ4n) is 4.19. The molecule has 3 atom stereocenters. The summed E-state index contributed by atoms with van der Waals surface area (Å²) in [5, 5.41) is 15.2. The summed E-state index contributed by atoms with van der Waals surface area (Å²) >= 11 is 0. The number of benzene rings is 2. The first-order valence-electron chi connectivity index (χ1n) is 11.2. The first-order valence-corrected chi connectivity index (χ1v) is 11.2. The van der Waals surface area contributed by atoms with E-state index in [1.165, 1.54) is 0 Å². The van der Waals surface area contributed by atoms with E-state index in [0.29, 0.717) is 30.9 Å². The fraction of sp³-hybridized carbons (Fsp3) is 0.440. The summed E-state index contributed by atoms with van der Waals surface area (Å²) in [7, 11) is 0. The topological polar surface area (TPSA) is 90.9 Å². The number of morpholine rings is 1. The number of carboxylic acid groups (broad SMARTS) is 1. The van der Waals surface area contributed by atoms with Crippen LogP contribution in [0.1, 0.15) is 50.7 Å². The highest BCUT2D eigenvalue weighted by atomic mass is 16.5. The zero-order valence-electron chi connectivity index (χ0n) is 19.2. The Balaban J connectivity index is 1.89. The van der Waals surface area contributed by atoms with Crippen LogP contribution in [0.4, 0.5) is 21.9 Å². The number of aliphatic carboxylic acids is 1. The molecule has 1 heterocycles. The maximum absolute atomic E-state index is 12.8. The number of carbonyl (C=O) groups excluding carboxylic acids is 1. The molecule has 0 unspecified atom stereocenters. The van der Waals surface area contributed by atoms with E-state index in [1.807, 2.05) is 70.2 Å². The van der Waals surface area contributed by atoms with Gasteiger partial charge in [-0.2, -0.15) is 0 Å². The minimum Gasteiger partial charge on any atom is -0.481 e. The SMILES string of the molecule is CC[C@H](CC(=O)O)c1ccc(N2C[C@@H](C)O[C@@H](C)C2)c(NC(=O)Nc2ccc(C)cc2)c1. The first kappa shape index (κ1) is 23.6. The van der Waals surface area contributed by atoms with Crippen LogP contribution in [0, 0.1) is 6.92 Å². The molecule has 1 aliphatic heterocycles. The van der Waals surface area contributed by atoms with Gasteiger partial charge in [0.05, 0.1) is 30.0 Å². The van der Waals surface area contributed by atoms with Crippen LogP contribution in [0.15, 0.2) is 42.5 Å². The first-order chi connectivity index (χ1) is 15.2. The third-order valence-corrected chi connectivity index (χ3v) is 5.72. The molecule has 1 saturated heterocycles. The van der Waals surface area contributed by atoms with Crippen LogP contribution in [0.25, 0.3) is 0 Å². The second-order valence-corrected chi connectivity index (χ2v) is 8.59. The van der Waals surface area contributed by atoms with Gasteiger partial charge in [-0.15, -0.1) is 0 Å². The number of anilines is 3. The number of ether oxygens (including phenoxy) is 1. The van der Waals surface area contributed by atoms with Gasteiger partial charge in [0, 0.05) is 18.8 Å². The van der Waals surface area contributed by atoms with Crippen LogP contribution in [-0.2, 0) is 9.53 Å². The third-order valence-electron chi connectivity index (χ3n) is 5.72. The average Bonchev–Trinajstić information content (AvgIpc) is 2.72. The van der Waals surface area contributed by atoms with Crippen molar-refractivity contribution < 1.29 is 19.4 Å². The molecule has 1 fully saturated rings.